The van der Waals surface area contributed by atoms with Crippen molar-refractivity contribution in [1.29, 1.82) is 0 Å². The zero-order valence-electron chi connectivity index (χ0n) is 13.9. The van der Waals surface area contributed by atoms with Gasteiger partial charge >= 0.3 is 0 Å². The third-order valence-corrected chi connectivity index (χ3v) is 5.80. The van der Waals surface area contributed by atoms with Gasteiger partial charge < -0.3 is 10.6 Å². The van der Waals surface area contributed by atoms with Crippen molar-refractivity contribution < 1.29 is 4.79 Å². The summed E-state index contributed by atoms with van der Waals surface area (Å²) in [6.45, 7) is 9.08. The van der Waals surface area contributed by atoms with Crippen molar-refractivity contribution in [1.82, 2.24) is 10.6 Å². The molecule has 2 N–H and O–H groups in total. The number of piperidine rings is 1. The lowest BCUT2D eigenvalue weighted by Gasteiger charge is -2.39. The lowest BCUT2D eigenvalue weighted by Crippen LogP contribution is -2.44. The van der Waals surface area contributed by atoms with Gasteiger partial charge in [-0.25, -0.2) is 0 Å². The summed E-state index contributed by atoms with van der Waals surface area (Å²) in [5.74, 6) is 1.39. The zero-order chi connectivity index (χ0) is 14.6. The Morgan fingerprint density at radius 2 is 1.67 bits per heavy atom. The molecule has 2 aliphatic rings. The normalized spacial score (nSPS) is 27.8. The fourth-order valence-electron chi connectivity index (χ4n) is 3.71. The Kier molecular flexibility index (Phi) is 7.49. The molecular weight excluding hydrogens is 284 g/mol. The van der Waals surface area contributed by atoms with E-state index < -0.39 is 0 Å². The van der Waals surface area contributed by atoms with Gasteiger partial charge in [-0.1, -0.05) is 27.2 Å². The molecule has 0 bridgehead atoms. The molecule has 0 aromatic rings. The van der Waals surface area contributed by atoms with E-state index >= 15 is 0 Å². The minimum absolute atomic E-state index is 0. The van der Waals surface area contributed by atoms with Crippen molar-refractivity contribution in [3.05, 3.63) is 0 Å². The smallest absolute Gasteiger partial charge is 0.223 e. The van der Waals surface area contributed by atoms with Gasteiger partial charge in [-0.2, -0.15) is 0 Å². The number of hydrogen-bond donors (Lipinski definition) is 2. The minimum Gasteiger partial charge on any atom is -0.353 e. The van der Waals surface area contributed by atoms with Crippen molar-refractivity contribution in [2.24, 2.45) is 17.3 Å². The van der Waals surface area contributed by atoms with Crippen LogP contribution < -0.4 is 10.6 Å². The van der Waals surface area contributed by atoms with E-state index in [-0.39, 0.29) is 18.3 Å². The van der Waals surface area contributed by atoms with Gasteiger partial charge in [-0.3, -0.25) is 4.79 Å². The Hall–Kier alpha value is -0.280. The lowest BCUT2D eigenvalue weighted by atomic mass is 9.69. The molecule has 4 heteroatoms. The molecule has 1 saturated heterocycles. The number of carbonyl (C=O) groups excluding carboxylic acids is 1. The van der Waals surface area contributed by atoms with Crippen LogP contribution in [0.3, 0.4) is 0 Å². The highest BCUT2D eigenvalue weighted by molar-refractivity contribution is 5.85. The second-order valence-corrected chi connectivity index (χ2v) is 7.42. The van der Waals surface area contributed by atoms with Crippen LogP contribution in [0.5, 0.6) is 0 Å². The molecule has 0 radical (unpaired) electrons. The number of rotatable bonds is 4. The molecular formula is C17H33ClN2O. The van der Waals surface area contributed by atoms with Crippen LogP contribution in [0.15, 0.2) is 0 Å². The van der Waals surface area contributed by atoms with Crippen LogP contribution in [-0.4, -0.2) is 25.0 Å². The topological polar surface area (TPSA) is 41.1 Å². The molecule has 124 valence electrons. The summed E-state index contributed by atoms with van der Waals surface area (Å²) in [7, 11) is 0. The molecule has 2 fully saturated rings. The summed E-state index contributed by atoms with van der Waals surface area (Å²) >= 11 is 0. The van der Waals surface area contributed by atoms with Gasteiger partial charge in [0.05, 0.1) is 0 Å². The number of nitrogens with one attached hydrogen (secondary N) is 2. The molecule has 1 saturated carbocycles. The quantitative estimate of drug-likeness (QED) is 0.833. The fraction of sp³-hybridized carbons (Fsp3) is 0.941. The summed E-state index contributed by atoms with van der Waals surface area (Å²) in [6.07, 6.45) is 8.16. The molecule has 1 amide bonds. The maximum absolute atomic E-state index is 12.3. The first-order valence-corrected chi connectivity index (χ1v) is 8.54. The van der Waals surface area contributed by atoms with Crippen LogP contribution in [0.2, 0.25) is 0 Å². The molecule has 3 nitrogen and oxygen atoms in total. The highest BCUT2D eigenvalue weighted by Crippen LogP contribution is 2.40. The van der Waals surface area contributed by atoms with Gasteiger partial charge in [-0.05, 0) is 62.9 Å². The second kappa shape index (κ2) is 8.38. The third kappa shape index (κ3) is 5.14. The van der Waals surface area contributed by atoms with Crippen LogP contribution in [0.4, 0.5) is 0 Å². The van der Waals surface area contributed by atoms with Gasteiger partial charge in [0.15, 0.2) is 0 Å². The molecule has 0 spiro atoms. The molecule has 1 aliphatic carbocycles. The molecule has 21 heavy (non-hydrogen) atoms. The van der Waals surface area contributed by atoms with Gasteiger partial charge in [0.1, 0.15) is 0 Å². The fourth-order valence-corrected chi connectivity index (χ4v) is 3.71. The van der Waals surface area contributed by atoms with Crippen molar-refractivity contribution in [2.45, 2.75) is 71.8 Å². The van der Waals surface area contributed by atoms with E-state index in [0.29, 0.717) is 17.4 Å². The van der Waals surface area contributed by atoms with E-state index in [1.807, 2.05) is 0 Å². The van der Waals surface area contributed by atoms with Gasteiger partial charge in [0.25, 0.3) is 0 Å². The largest absolute Gasteiger partial charge is 0.353 e. The molecule has 0 aromatic carbocycles. The molecule has 1 heterocycles. The Bertz CT molecular complexity index is 319. The predicted molar refractivity (Wildman–Crippen MR) is 90.8 cm³/mol. The van der Waals surface area contributed by atoms with Gasteiger partial charge in [-0.15, -0.1) is 12.4 Å². The van der Waals surface area contributed by atoms with Gasteiger partial charge in [0, 0.05) is 12.0 Å². The minimum atomic E-state index is 0. The first-order valence-electron chi connectivity index (χ1n) is 8.54. The van der Waals surface area contributed by atoms with E-state index in [9.17, 15) is 4.79 Å². The Morgan fingerprint density at radius 1 is 1.10 bits per heavy atom. The maximum Gasteiger partial charge on any atom is 0.223 e. The Balaban J connectivity index is 0.00000220. The van der Waals surface area contributed by atoms with E-state index in [4.69, 9.17) is 0 Å². The molecule has 0 aromatic heterocycles. The zero-order valence-corrected chi connectivity index (χ0v) is 14.7. The van der Waals surface area contributed by atoms with Crippen LogP contribution in [-0.2, 0) is 4.79 Å². The number of amides is 1. The number of hydrogen-bond acceptors (Lipinski definition) is 2. The highest BCUT2D eigenvalue weighted by Gasteiger charge is 2.33. The van der Waals surface area contributed by atoms with E-state index in [0.717, 1.165) is 31.8 Å². The summed E-state index contributed by atoms with van der Waals surface area (Å²) in [5, 5.41) is 6.63. The van der Waals surface area contributed by atoms with Crippen LogP contribution in [0.1, 0.15) is 65.7 Å². The lowest BCUT2D eigenvalue weighted by molar-refractivity contribution is -0.126. The van der Waals surface area contributed by atoms with E-state index in [1.165, 1.54) is 32.1 Å². The molecule has 0 atom stereocenters. The van der Waals surface area contributed by atoms with Crippen molar-refractivity contribution >= 4 is 18.3 Å². The third-order valence-electron chi connectivity index (χ3n) is 5.80. The first-order chi connectivity index (χ1) is 9.53. The SMILES string of the molecule is CCC(C)(C)C1CCC(NC(=O)C2CCNCC2)CC1.Cl. The molecule has 1 aliphatic heterocycles. The Morgan fingerprint density at radius 3 is 2.19 bits per heavy atom. The van der Waals surface area contributed by atoms with Crippen molar-refractivity contribution in [2.75, 3.05) is 13.1 Å². The van der Waals surface area contributed by atoms with E-state index in [1.54, 1.807) is 0 Å². The summed E-state index contributed by atoms with van der Waals surface area (Å²) in [5.41, 5.74) is 0.462. The standard InChI is InChI=1S/C17H32N2O.ClH/c1-4-17(2,3)14-5-7-15(8-6-14)19-16(20)13-9-11-18-12-10-13;/h13-15,18H,4-12H2,1-3H3,(H,19,20);1H. The van der Waals surface area contributed by atoms with Crippen LogP contribution in [0.25, 0.3) is 0 Å². The average Bonchev–Trinajstić information content (AvgIpc) is 2.48. The monoisotopic (exact) mass is 316 g/mol. The van der Waals surface area contributed by atoms with Crippen LogP contribution >= 0.6 is 12.4 Å². The Labute approximate surface area is 136 Å². The summed E-state index contributed by atoms with van der Waals surface area (Å²) in [6, 6.07) is 0.432. The van der Waals surface area contributed by atoms with Gasteiger partial charge in [0.2, 0.25) is 5.91 Å². The second-order valence-electron chi connectivity index (χ2n) is 7.42. The summed E-state index contributed by atoms with van der Waals surface area (Å²) in [4.78, 5) is 12.3. The molecule has 0 unspecified atom stereocenters. The first kappa shape index (κ1) is 18.8. The number of halogens is 1. The summed E-state index contributed by atoms with van der Waals surface area (Å²) < 4.78 is 0. The molecule has 2 rings (SSSR count). The maximum atomic E-state index is 12.3. The number of carbonyl (C=O) groups is 1. The van der Waals surface area contributed by atoms with E-state index in [2.05, 4.69) is 31.4 Å². The highest BCUT2D eigenvalue weighted by atomic mass is 35.5. The predicted octanol–water partition coefficient (Wildman–Crippen LogP) is 3.52. The average molecular weight is 317 g/mol. The van der Waals surface area contributed by atoms with Crippen molar-refractivity contribution in [3.63, 3.8) is 0 Å². The van der Waals surface area contributed by atoms with Crippen LogP contribution in [0, 0.1) is 17.3 Å². The van der Waals surface area contributed by atoms with Crippen molar-refractivity contribution in [3.8, 4) is 0 Å².